The molecule has 1 aliphatic rings. The summed E-state index contributed by atoms with van der Waals surface area (Å²) < 4.78 is 0. The van der Waals surface area contributed by atoms with Gasteiger partial charge in [0.05, 0.1) is 6.10 Å². The van der Waals surface area contributed by atoms with Crippen LogP contribution < -0.4 is 5.32 Å². The minimum atomic E-state index is -0.390. The lowest BCUT2D eigenvalue weighted by Gasteiger charge is -2.29. The molecule has 0 saturated carbocycles. The van der Waals surface area contributed by atoms with Crippen LogP contribution in [-0.4, -0.2) is 41.8 Å². The molecule has 2 N–H and O–H groups in total. The predicted octanol–water partition coefficient (Wildman–Crippen LogP) is 0.809. The minimum absolute atomic E-state index is 0.0425. The van der Waals surface area contributed by atoms with Crippen LogP contribution in [-0.2, 0) is 0 Å². The molecule has 0 spiro atoms. The molecule has 1 atom stereocenters. The maximum atomic E-state index is 11.3. The van der Waals surface area contributed by atoms with Gasteiger partial charge in [0.2, 0.25) is 0 Å². The monoisotopic (exact) mass is 200 g/mol. The molecular weight excluding hydrogens is 180 g/mol. The van der Waals surface area contributed by atoms with Crippen LogP contribution in [0.4, 0.5) is 4.79 Å². The van der Waals surface area contributed by atoms with Gasteiger partial charge in [-0.15, -0.1) is 0 Å². The van der Waals surface area contributed by atoms with Gasteiger partial charge >= 0.3 is 6.03 Å². The van der Waals surface area contributed by atoms with Gasteiger partial charge < -0.3 is 15.3 Å². The Labute approximate surface area is 85.3 Å². The molecule has 0 aromatic heterocycles. The van der Waals surface area contributed by atoms with Crippen molar-refractivity contribution in [3.8, 4) is 0 Å². The van der Waals surface area contributed by atoms with Gasteiger partial charge in [0.1, 0.15) is 0 Å². The third-order valence-electron chi connectivity index (χ3n) is 2.34. The first-order valence-corrected chi connectivity index (χ1v) is 5.30. The number of β-amino-alcohol motifs (C(OH)–C–C–N with tert-alkyl or cyclic N) is 1. The number of hydrogen-bond donors (Lipinski definition) is 2. The van der Waals surface area contributed by atoms with Gasteiger partial charge in [0.25, 0.3) is 0 Å². The molecule has 0 aliphatic carbocycles. The molecule has 1 heterocycles. The van der Waals surface area contributed by atoms with Crippen LogP contribution in [0, 0.1) is 5.92 Å². The molecule has 2 amide bonds. The minimum Gasteiger partial charge on any atom is -0.391 e. The van der Waals surface area contributed by atoms with Crippen molar-refractivity contribution < 1.29 is 9.90 Å². The zero-order valence-corrected chi connectivity index (χ0v) is 8.99. The van der Waals surface area contributed by atoms with E-state index < -0.39 is 0 Å². The van der Waals surface area contributed by atoms with E-state index in [1.807, 2.05) is 0 Å². The number of nitrogens with one attached hydrogen (secondary N) is 1. The highest BCUT2D eigenvalue weighted by Crippen LogP contribution is 2.08. The normalized spacial score (nSPS) is 19.7. The molecule has 82 valence electrons. The Morgan fingerprint density at radius 1 is 1.57 bits per heavy atom. The first-order valence-electron chi connectivity index (χ1n) is 5.30. The highest BCUT2D eigenvalue weighted by Gasteiger charge is 2.20. The van der Waals surface area contributed by atoms with Gasteiger partial charge in [-0.2, -0.15) is 0 Å². The number of aliphatic hydroxyl groups excluding tert-OH is 1. The molecule has 4 heteroatoms. The van der Waals surface area contributed by atoms with Crippen LogP contribution in [0.2, 0.25) is 0 Å². The van der Waals surface area contributed by atoms with Gasteiger partial charge in [-0.25, -0.2) is 4.79 Å². The SMILES string of the molecule is CC(C)CC(O)CN1CCCNC1=O. The molecule has 1 rings (SSSR count). The van der Waals surface area contributed by atoms with Crippen molar-refractivity contribution in [3.05, 3.63) is 0 Å². The third kappa shape index (κ3) is 3.54. The lowest BCUT2D eigenvalue weighted by atomic mass is 10.1. The van der Waals surface area contributed by atoms with Crippen molar-refractivity contribution in [2.24, 2.45) is 5.92 Å². The van der Waals surface area contributed by atoms with Crippen molar-refractivity contribution in [3.63, 3.8) is 0 Å². The Kier molecular flexibility index (Phi) is 4.20. The lowest BCUT2D eigenvalue weighted by Crippen LogP contribution is -2.49. The van der Waals surface area contributed by atoms with E-state index in [0.717, 1.165) is 25.9 Å². The topological polar surface area (TPSA) is 52.6 Å². The number of rotatable bonds is 4. The number of amides is 2. The Bertz CT molecular complexity index is 195. The summed E-state index contributed by atoms with van der Waals surface area (Å²) in [6, 6.07) is -0.0425. The highest BCUT2D eigenvalue weighted by molar-refractivity contribution is 5.74. The van der Waals surface area contributed by atoms with E-state index in [1.54, 1.807) is 4.90 Å². The average Bonchev–Trinajstić information content (AvgIpc) is 2.07. The summed E-state index contributed by atoms with van der Waals surface area (Å²) in [5, 5.41) is 12.4. The predicted molar refractivity (Wildman–Crippen MR) is 55.1 cm³/mol. The van der Waals surface area contributed by atoms with Crippen molar-refractivity contribution in [1.29, 1.82) is 0 Å². The molecule has 14 heavy (non-hydrogen) atoms. The Hall–Kier alpha value is -0.770. The van der Waals surface area contributed by atoms with Crippen LogP contribution in [0.25, 0.3) is 0 Å². The zero-order valence-electron chi connectivity index (χ0n) is 8.99. The fraction of sp³-hybridized carbons (Fsp3) is 0.900. The van der Waals surface area contributed by atoms with Gasteiger partial charge in [0, 0.05) is 19.6 Å². The van der Waals surface area contributed by atoms with E-state index in [9.17, 15) is 9.90 Å². The quantitative estimate of drug-likeness (QED) is 0.705. The molecule has 1 unspecified atom stereocenters. The van der Waals surface area contributed by atoms with Gasteiger partial charge in [0.15, 0.2) is 0 Å². The Morgan fingerprint density at radius 3 is 2.86 bits per heavy atom. The largest absolute Gasteiger partial charge is 0.391 e. The zero-order chi connectivity index (χ0) is 10.6. The molecular formula is C10H20N2O2. The van der Waals surface area contributed by atoms with E-state index in [1.165, 1.54) is 0 Å². The summed E-state index contributed by atoms with van der Waals surface area (Å²) in [5.74, 6) is 0.470. The fourth-order valence-electron chi connectivity index (χ4n) is 1.73. The second kappa shape index (κ2) is 5.20. The van der Waals surface area contributed by atoms with E-state index in [0.29, 0.717) is 12.5 Å². The molecule has 1 fully saturated rings. The molecule has 0 radical (unpaired) electrons. The second-order valence-electron chi connectivity index (χ2n) is 4.31. The van der Waals surface area contributed by atoms with E-state index >= 15 is 0 Å². The Morgan fingerprint density at radius 2 is 2.29 bits per heavy atom. The third-order valence-corrected chi connectivity index (χ3v) is 2.34. The molecule has 1 saturated heterocycles. The molecule has 4 nitrogen and oxygen atoms in total. The molecule has 0 aromatic carbocycles. The summed E-state index contributed by atoms with van der Waals surface area (Å²) in [6.07, 6.45) is 1.34. The lowest BCUT2D eigenvalue weighted by molar-refractivity contribution is 0.0985. The number of urea groups is 1. The average molecular weight is 200 g/mol. The summed E-state index contributed by atoms with van der Waals surface area (Å²) in [4.78, 5) is 13.0. The van der Waals surface area contributed by atoms with Crippen molar-refractivity contribution >= 4 is 6.03 Å². The molecule has 1 aliphatic heterocycles. The standard InChI is InChI=1S/C10H20N2O2/c1-8(2)6-9(13)7-12-5-3-4-11-10(12)14/h8-9,13H,3-7H2,1-2H3,(H,11,14). The van der Waals surface area contributed by atoms with E-state index in [-0.39, 0.29) is 12.1 Å². The summed E-state index contributed by atoms with van der Waals surface area (Å²) in [6.45, 7) is 6.12. The summed E-state index contributed by atoms with van der Waals surface area (Å²) >= 11 is 0. The van der Waals surface area contributed by atoms with Crippen molar-refractivity contribution in [2.75, 3.05) is 19.6 Å². The van der Waals surface area contributed by atoms with E-state index in [4.69, 9.17) is 0 Å². The second-order valence-corrected chi connectivity index (χ2v) is 4.31. The first kappa shape index (κ1) is 11.3. The van der Waals surface area contributed by atoms with Gasteiger partial charge in [-0.3, -0.25) is 0 Å². The fourth-order valence-corrected chi connectivity index (χ4v) is 1.73. The van der Waals surface area contributed by atoms with Gasteiger partial charge in [-0.05, 0) is 18.8 Å². The summed E-state index contributed by atoms with van der Waals surface area (Å²) in [5.41, 5.74) is 0. The number of carbonyl (C=O) groups excluding carboxylic acids is 1. The van der Waals surface area contributed by atoms with Crippen LogP contribution in [0.1, 0.15) is 26.7 Å². The highest BCUT2D eigenvalue weighted by atomic mass is 16.3. The molecule has 0 aromatic rings. The maximum Gasteiger partial charge on any atom is 0.317 e. The summed E-state index contributed by atoms with van der Waals surface area (Å²) in [7, 11) is 0. The van der Waals surface area contributed by atoms with Crippen LogP contribution in [0.15, 0.2) is 0 Å². The van der Waals surface area contributed by atoms with Crippen molar-refractivity contribution in [1.82, 2.24) is 10.2 Å². The smallest absolute Gasteiger partial charge is 0.317 e. The van der Waals surface area contributed by atoms with Crippen molar-refractivity contribution in [2.45, 2.75) is 32.8 Å². The number of nitrogens with zero attached hydrogens (tertiary/aromatic N) is 1. The maximum absolute atomic E-state index is 11.3. The van der Waals surface area contributed by atoms with E-state index in [2.05, 4.69) is 19.2 Å². The van der Waals surface area contributed by atoms with Gasteiger partial charge in [-0.1, -0.05) is 13.8 Å². The molecule has 0 bridgehead atoms. The Balaban J connectivity index is 2.30. The number of carbonyl (C=O) groups is 1. The van der Waals surface area contributed by atoms with Crippen LogP contribution in [0.3, 0.4) is 0 Å². The first-order chi connectivity index (χ1) is 6.59. The van der Waals surface area contributed by atoms with Crippen LogP contribution >= 0.6 is 0 Å². The number of hydrogen-bond acceptors (Lipinski definition) is 2. The number of aliphatic hydroxyl groups is 1. The van der Waals surface area contributed by atoms with Crippen LogP contribution in [0.5, 0.6) is 0 Å².